The highest BCUT2D eigenvalue weighted by Crippen LogP contribution is 2.31. The van der Waals surface area contributed by atoms with E-state index >= 15 is 0 Å². The Morgan fingerprint density at radius 3 is 2.73 bits per heavy atom. The van der Waals surface area contributed by atoms with Crippen molar-refractivity contribution in [1.29, 1.82) is 5.26 Å². The van der Waals surface area contributed by atoms with Crippen molar-refractivity contribution in [2.24, 2.45) is 0 Å². The molecule has 6 nitrogen and oxygen atoms in total. The lowest BCUT2D eigenvalue weighted by molar-refractivity contribution is -0.384. The lowest BCUT2D eigenvalue weighted by Crippen LogP contribution is -2.11. The second-order valence-electron chi connectivity index (χ2n) is 5.28. The highest BCUT2D eigenvalue weighted by Gasteiger charge is 2.26. The van der Waals surface area contributed by atoms with Gasteiger partial charge in [-0.2, -0.15) is 5.26 Å². The number of carbonyl (C=O) groups excluding carboxylic acids is 1. The molecule has 1 aromatic heterocycles. The summed E-state index contributed by atoms with van der Waals surface area (Å²) in [7, 11) is 0. The minimum absolute atomic E-state index is 0.0546. The predicted molar refractivity (Wildman–Crippen MR) is 98.3 cm³/mol. The van der Waals surface area contributed by atoms with Gasteiger partial charge in [-0.25, -0.2) is 4.98 Å². The van der Waals surface area contributed by atoms with Crippen molar-refractivity contribution >= 4 is 34.4 Å². The third-order valence-corrected chi connectivity index (χ3v) is 4.89. The van der Waals surface area contributed by atoms with Gasteiger partial charge in [0.15, 0.2) is 11.7 Å². The number of carbonyl (C=O) groups is 1. The number of rotatable bonds is 5. The van der Waals surface area contributed by atoms with Gasteiger partial charge in [0, 0.05) is 28.6 Å². The fraction of sp³-hybridized carbons (Fsp3) is 0.0556. The van der Waals surface area contributed by atoms with Gasteiger partial charge in [0.05, 0.1) is 21.7 Å². The van der Waals surface area contributed by atoms with Crippen molar-refractivity contribution in [2.45, 2.75) is 5.92 Å². The van der Waals surface area contributed by atoms with Crippen LogP contribution < -0.4 is 0 Å². The zero-order chi connectivity index (χ0) is 18.7. The Morgan fingerprint density at radius 2 is 2.04 bits per heavy atom. The summed E-state index contributed by atoms with van der Waals surface area (Å²) in [5, 5.41) is 22.6. The zero-order valence-electron chi connectivity index (χ0n) is 13.1. The highest BCUT2D eigenvalue weighted by atomic mass is 35.5. The first-order chi connectivity index (χ1) is 12.5. The van der Waals surface area contributed by atoms with Gasteiger partial charge in [-0.1, -0.05) is 35.9 Å². The smallest absolute Gasteiger partial charge is 0.270 e. The highest BCUT2D eigenvalue weighted by molar-refractivity contribution is 7.10. The van der Waals surface area contributed by atoms with Gasteiger partial charge < -0.3 is 0 Å². The summed E-state index contributed by atoms with van der Waals surface area (Å²) in [5.74, 6) is -1.52. The molecule has 0 aliphatic heterocycles. The Labute approximate surface area is 157 Å². The van der Waals surface area contributed by atoms with Crippen LogP contribution in [0.1, 0.15) is 21.3 Å². The SMILES string of the molecule is N#CC(C(=O)c1ccccc1Cl)c1nc(-c2cccc([N+](=O)[O-])c2)cs1. The molecule has 0 N–H and O–H groups in total. The quantitative estimate of drug-likeness (QED) is 0.356. The molecule has 1 atom stereocenters. The van der Waals surface area contributed by atoms with Crippen LogP contribution in [0.25, 0.3) is 11.3 Å². The second-order valence-corrected chi connectivity index (χ2v) is 6.58. The van der Waals surface area contributed by atoms with Gasteiger partial charge in [-0.15, -0.1) is 11.3 Å². The molecule has 0 saturated carbocycles. The van der Waals surface area contributed by atoms with Crippen molar-refractivity contribution in [3.05, 3.63) is 79.6 Å². The minimum atomic E-state index is -1.09. The maximum absolute atomic E-state index is 12.7. The zero-order valence-corrected chi connectivity index (χ0v) is 14.7. The Morgan fingerprint density at radius 1 is 1.27 bits per heavy atom. The van der Waals surface area contributed by atoms with Crippen LogP contribution >= 0.6 is 22.9 Å². The van der Waals surface area contributed by atoms with E-state index < -0.39 is 16.6 Å². The number of hydrogen-bond donors (Lipinski definition) is 0. The van der Waals surface area contributed by atoms with E-state index in [1.165, 1.54) is 12.1 Å². The predicted octanol–water partition coefficient (Wildman–Crippen LogP) is 4.86. The van der Waals surface area contributed by atoms with E-state index in [2.05, 4.69) is 4.98 Å². The van der Waals surface area contributed by atoms with Gasteiger partial charge in [-0.3, -0.25) is 14.9 Å². The number of benzene rings is 2. The number of nitrogens with zero attached hydrogens (tertiary/aromatic N) is 3. The molecule has 0 radical (unpaired) electrons. The number of nitro groups is 1. The van der Waals surface area contributed by atoms with Crippen LogP contribution in [0.3, 0.4) is 0 Å². The third kappa shape index (κ3) is 3.47. The summed E-state index contributed by atoms with van der Waals surface area (Å²) in [6, 6.07) is 14.5. The van der Waals surface area contributed by atoms with Gasteiger partial charge in [0.25, 0.3) is 5.69 Å². The number of aromatic nitrogens is 1. The van der Waals surface area contributed by atoms with Gasteiger partial charge >= 0.3 is 0 Å². The lowest BCUT2D eigenvalue weighted by atomic mass is 9.99. The fourth-order valence-corrected chi connectivity index (χ4v) is 3.47. The normalized spacial score (nSPS) is 11.5. The summed E-state index contributed by atoms with van der Waals surface area (Å²) < 4.78 is 0. The first kappa shape index (κ1) is 17.7. The Kier molecular flexibility index (Phi) is 5.07. The van der Waals surface area contributed by atoms with Crippen LogP contribution in [0.15, 0.2) is 53.9 Å². The molecule has 0 fully saturated rings. The van der Waals surface area contributed by atoms with Crippen molar-refractivity contribution in [1.82, 2.24) is 4.98 Å². The van der Waals surface area contributed by atoms with Crippen LogP contribution in [0.4, 0.5) is 5.69 Å². The van der Waals surface area contributed by atoms with Gasteiger partial charge in [0.2, 0.25) is 0 Å². The number of halogens is 1. The minimum Gasteiger partial charge on any atom is -0.292 e. The monoisotopic (exact) mass is 383 g/mol. The lowest BCUT2D eigenvalue weighted by Gasteiger charge is -2.06. The molecular formula is C18H10ClN3O3S. The summed E-state index contributed by atoms with van der Waals surface area (Å²) >= 11 is 7.20. The van der Waals surface area contributed by atoms with E-state index in [4.69, 9.17) is 11.6 Å². The molecule has 0 amide bonds. The Hall–Kier alpha value is -3.08. The average molecular weight is 384 g/mol. The third-order valence-electron chi connectivity index (χ3n) is 3.65. The molecule has 8 heteroatoms. The first-order valence-electron chi connectivity index (χ1n) is 7.40. The topological polar surface area (TPSA) is 96.9 Å². The summed E-state index contributed by atoms with van der Waals surface area (Å²) in [6.45, 7) is 0. The van der Waals surface area contributed by atoms with Crippen molar-refractivity contribution < 1.29 is 9.72 Å². The molecule has 2 aromatic carbocycles. The summed E-state index contributed by atoms with van der Waals surface area (Å²) in [4.78, 5) is 27.4. The molecule has 0 spiro atoms. The average Bonchev–Trinajstić information content (AvgIpc) is 3.12. The number of non-ortho nitro benzene ring substituents is 1. The Balaban J connectivity index is 1.94. The second kappa shape index (κ2) is 7.44. The van der Waals surface area contributed by atoms with E-state index in [1.54, 1.807) is 41.8 Å². The van der Waals surface area contributed by atoms with Gasteiger partial charge in [0.1, 0.15) is 5.01 Å². The summed E-state index contributed by atoms with van der Waals surface area (Å²) in [6.07, 6.45) is 0. The van der Waals surface area contributed by atoms with Crippen LogP contribution in [-0.2, 0) is 0 Å². The Bertz CT molecular complexity index is 1040. The maximum Gasteiger partial charge on any atom is 0.270 e. The number of thiazole rings is 1. The summed E-state index contributed by atoms with van der Waals surface area (Å²) in [5.41, 5.74) is 1.22. The first-order valence-corrected chi connectivity index (χ1v) is 8.65. The number of nitriles is 1. The largest absolute Gasteiger partial charge is 0.292 e. The number of hydrogen-bond acceptors (Lipinski definition) is 6. The van der Waals surface area contributed by atoms with Crippen LogP contribution in [0, 0.1) is 21.4 Å². The van der Waals surface area contributed by atoms with Crippen LogP contribution in [-0.4, -0.2) is 15.7 Å². The van der Waals surface area contributed by atoms with Crippen LogP contribution in [0.5, 0.6) is 0 Å². The van der Waals surface area contributed by atoms with Crippen molar-refractivity contribution in [3.63, 3.8) is 0 Å². The van der Waals surface area contributed by atoms with Crippen molar-refractivity contribution in [3.8, 4) is 17.3 Å². The standard InChI is InChI=1S/C18H10ClN3O3S/c19-15-7-2-1-6-13(15)17(23)14(9-20)18-21-16(10-26-18)11-4-3-5-12(8-11)22(24)25/h1-8,10,14H. The van der Waals surface area contributed by atoms with Crippen LogP contribution in [0.2, 0.25) is 5.02 Å². The molecule has 1 heterocycles. The van der Waals surface area contributed by atoms with E-state index in [0.717, 1.165) is 11.3 Å². The molecular weight excluding hydrogens is 374 g/mol. The molecule has 0 bridgehead atoms. The molecule has 0 aliphatic carbocycles. The molecule has 1 unspecified atom stereocenters. The molecule has 0 aliphatic rings. The van der Waals surface area contributed by atoms with E-state index in [-0.39, 0.29) is 16.3 Å². The van der Waals surface area contributed by atoms with E-state index in [9.17, 15) is 20.2 Å². The maximum atomic E-state index is 12.7. The fourth-order valence-electron chi connectivity index (χ4n) is 2.37. The number of ketones is 1. The number of nitro benzene ring substituents is 1. The molecule has 3 rings (SSSR count). The van der Waals surface area contributed by atoms with E-state index in [1.807, 2.05) is 6.07 Å². The molecule has 3 aromatic rings. The molecule has 128 valence electrons. The molecule has 26 heavy (non-hydrogen) atoms. The molecule has 0 saturated heterocycles. The van der Waals surface area contributed by atoms with Gasteiger partial charge in [-0.05, 0) is 12.1 Å². The van der Waals surface area contributed by atoms with E-state index in [0.29, 0.717) is 16.3 Å². The number of Topliss-reactive ketones (excluding diaryl/α,β-unsaturated/α-hetero) is 1. The van der Waals surface area contributed by atoms with Crippen molar-refractivity contribution in [2.75, 3.05) is 0 Å².